The second-order valence-electron chi connectivity index (χ2n) is 16.2. The minimum Gasteiger partial charge on any atom is -0.509 e. The maximum Gasteiger partial charge on any atom is 2.00 e. The summed E-state index contributed by atoms with van der Waals surface area (Å²) in [6.45, 7) is 19.8. The largest absolute Gasteiger partial charge is 2.00 e. The molecule has 0 aliphatic carbocycles. The number of hydrogen-bond acceptors (Lipinski definition) is 3. The molecule has 274 valence electrons. The molecule has 7 rings (SSSR count). The Labute approximate surface area is 329 Å². The number of rotatable bonds is 9. The van der Waals surface area contributed by atoms with Crippen molar-refractivity contribution in [1.82, 2.24) is 19.3 Å². The normalized spacial score (nSPS) is 12.0. The summed E-state index contributed by atoms with van der Waals surface area (Å²) in [5, 5.41) is 7.34. The predicted molar refractivity (Wildman–Crippen MR) is 215 cm³/mol. The summed E-state index contributed by atoms with van der Waals surface area (Å²) >= 11 is 0. The van der Waals surface area contributed by atoms with Crippen LogP contribution < -0.4 is 4.74 Å². The molecule has 0 bridgehead atoms. The maximum absolute atomic E-state index is 6.71. The van der Waals surface area contributed by atoms with Crippen molar-refractivity contribution in [3.63, 3.8) is 0 Å². The van der Waals surface area contributed by atoms with E-state index in [1.54, 1.807) is 0 Å². The molecule has 0 fully saturated rings. The van der Waals surface area contributed by atoms with E-state index in [1.165, 1.54) is 35.8 Å². The fraction of sp³-hybridized carbons (Fsp3) is 0.319. The third kappa shape index (κ3) is 7.78. The van der Waals surface area contributed by atoms with Crippen molar-refractivity contribution in [2.24, 2.45) is 0 Å². The summed E-state index contributed by atoms with van der Waals surface area (Å²) in [6, 6.07) is 37.4. The average molecular weight is 882 g/mol. The first kappa shape index (κ1) is 38.3. The van der Waals surface area contributed by atoms with Gasteiger partial charge < -0.3 is 9.30 Å². The average Bonchev–Trinajstić information content (AvgIpc) is 3.60. The van der Waals surface area contributed by atoms with Gasteiger partial charge in [-0.3, -0.25) is 4.68 Å². The van der Waals surface area contributed by atoms with E-state index in [-0.39, 0.29) is 31.9 Å². The topological polar surface area (TPSA) is 44.9 Å². The van der Waals surface area contributed by atoms with Gasteiger partial charge in [0.2, 0.25) is 0 Å². The molecule has 0 saturated heterocycles. The molecule has 5 nitrogen and oxygen atoms in total. The third-order valence-electron chi connectivity index (χ3n) is 10.1. The molecule has 3 aromatic heterocycles. The number of aromatic nitrogens is 4. The number of unbranched alkanes of at least 4 members (excludes halogenated alkanes) is 2. The Morgan fingerprint density at radius 1 is 0.736 bits per heavy atom. The molecule has 0 radical (unpaired) electrons. The van der Waals surface area contributed by atoms with Crippen LogP contribution in [0.5, 0.6) is 11.5 Å². The Kier molecular flexibility index (Phi) is 10.9. The molecule has 4 aromatic carbocycles. The standard InChI is InChI=1S/C47H50N4O.Pt/c1-10-11-13-16-33-19-22-42-41(25-33)40-21-20-38(30-43(40)50(42)44-28-35(23-24-48-44)46(4,5)6)52-39-27-36(47(7,8)9)26-37(29-39)51-32(3)45(31(2)49-51)34-17-14-12-15-18-34;/h12,14-15,17-28H,10-11,13,16H2,1-9H3;/q-2;+2. The van der Waals surface area contributed by atoms with Gasteiger partial charge in [-0.25, -0.2) is 4.98 Å². The Morgan fingerprint density at radius 3 is 2.21 bits per heavy atom. The zero-order valence-corrected chi connectivity index (χ0v) is 34.8. The zero-order chi connectivity index (χ0) is 36.8. The Bertz CT molecular complexity index is 2390. The van der Waals surface area contributed by atoms with E-state index in [9.17, 15) is 0 Å². The smallest absolute Gasteiger partial charge is 0.509 e. The van der Waals surface area contributed by atoms with Crippen LogP contribution in [0.25, 0.3) is 44.4 Å². The number of pyridine rings is 1. The first-order chi connectivity index (χ1) is 24.8. The fourth-order valence-electron chi connectivity index (χ4n) is 7.16. The summed E-state index contributed by atoms with van der Waals surface area (Å²) in [5.41, 5.74) is 10.8. The summed E-state index contributed by atoms with van der Waals surface area (Å²) < 4.78 is 11.0. The number of nitrogens with zero attached hydrogens (tertiary/aromatic N) is 4. The van der Waals surface area contributed by atoms with E-state index in [1.807, 2.05) is 23.0 Å². The van der Waals surface area contributed by atoms with Gasteiger partial charge in [-0.05, 0) is 83.5 Å². The van der Waals surface area contributed by atoms with Crippen molar-refractivity contribution in [2.45, 2.75) is 98.8 Å². The molecule has 0 saturated carbocycles. The van der Waals surface area contributed by atoms with Gasteiger partial charge in [-0.1, -0.05) is 109 Å². The van der Waals surface area contributed by atoms with Gasteiger partial charge in [0, 0.05) is 34.5 Å². The Morgan fingerprint density at radius 2 is 1.49 bits per heavy atom. The van der Waals surface area contributed by atoms with Gasteiger partial charge in [0.25, 0.3) is 0 Å². The number of fused-ring (bicyclic) bond motifs is 3. The molecule has 0 aliphatic heterocycles. The molecule has 0 aliphatic rings. The van der Waals surface area contributed by atoms with Crippen molar-refractivity contribution in [3.8, 4) is 34.1 Å². The van der Waals surface area contributed by atoms with Crippen molar-refractivity contribution in [3.05, 3.63) is 131 Å². The van der Waals surface area contributed by atoms with Crippen LogP contribution in [0.15, 0.2) is 91.1 Å². The van der Waals surface area contributed by atoms with Crippen LogP contribution >= 0.6 is 0 Å². The monoisotopic (exact) mass is 881 g/mol. The van der Waals surface area contributed by atoms with Crippen LogP contribution in [0.2, 0.25) is 0 Å². The molecule has 3 heterocycles. The van der Waals surface area contributed by atoms with Gasteiger partial charge in [0.15, 0.2) is 0 Å². The molecule has 0 spiro atoms. The molecule has 53 heavy (non-hydrogen) atoms. The van der Waals surface area contributed by atoms with Crippen LogP contribution in [0, 0.1) is 26.0 Å². The van der Waals surface area contributed by atoms with Crippen LogP contribution in [0.3, 0.4) is 0 Å². The Balaban J connectivity index is 0.00000481. The zero-order valence-electron chi connectivity index (χ0n) is 32.5. The second kappa shape index (κ2) is 15.1. The van der Waals surface area contributed by atoms with E-state index in [0.29, 0.717) is 11.5 Å². The van der Waals surface area contributed by atoms with Crippen molar-refractivity contribution < 1.29 is 25.8 Å². The van der Waals surface area contributed by atoms with Gasteiger partial charge >= 0.3 is 21.1 Å². The van der Waals surface area contributed by atoms with Crippen molar-refractivity contribution >= 4 is 21.8 Å². The number of ether oxygens (including phenoxy) is 1. The van der Waals surface area contributed by atoms with Gasteiger partial charge in [-0.2, -0.15) is 11.2 Å². The van der Waals surface area contributed by atoms with Crippen molar-refractivity contribution in [2.75, 3.05) is 0 Å². The molecule has 0 atom stereocenters. The summed E-state index contributed by atoms with van der Waals surface area (Å²) in [7, 11) is 0. The van der Waals surface area contributed by atoms with E-state index in [2.05, 4.69) is 152 Å². The first-order valence-electron chi connectivity index (χ1n) is 18.7. The van der Waals surface area contributed by atoms with Crippen molar-refractivity contribution in [1.29, 1.82) is 0 Å². The van der Waals surface area contributed by atoms with Crippen LogP contribution in [0.4, 0.5) is 0 Å². The van der Waals surface area contributed by atoms with Gasteiger partial charge in [0.05, 0.1) is 5.69 Å². The van der Waals surface area contributed by atoms with E-state index >= 15 is 0 Å². The summed E-state index contributed by atoms with van der Waals surface area (Å²) in [5.74, 6) is 2.13. The fourth-order valence-corrected chi connectivity index (χ4v) is 7.16. The molecule has 0 N–H and O–H groups in total. The second-order valence-corrected chi connectivity index (χ2v) is 16.2. The molecular weight excluding hydrogens is 832 g/mol. The number of hydrogen-bond donors (Lipinski definition) is 0. The van der Waals surface area contributed by atoms with E-state index < -0.39 is 0 Å². The number of aryl methyl sites for hydroxylation is 2. The minimum atomic E-state index is -0.126. The first-order valence-corrected chi connectivity index (χ1v) is 18.7. The molecule has 0 unspecified atom stereocenters. The van der Waals surface area contributed by atoms with Gasteiger partial charge in [0.1, 0.15) is 5.82 Å². The molecule has 6 heteroatoms. The SMILES string of the molecule is CCCCCc1ccc2c(c1)c1ccc(Oc3[c-]c(-n4nc(C)c(-c5ccccc5)c4C)cc(C(C)(C)C)c3)[c-]c1n2-c1cc(C(C)(C)C)ccn1.[Pt+2]. The molecular formula is C47H50N4OPt. The predicted octanol–water partition coefficient (Wildman–Crippen LogP) is 12.4. The van der Waals surface area contributed by atoms with Gasteiger partial charge in [-0.15, -0.1) is 41.3 Å². The summed E-state index contributed by atoms with van der Waals surface area (Å²) in [6.07, 6.45) is 6.63. The summed E-state index contributed by atoms with van der Waals surface area (Å²) in [4.78, 5) is 4.90. The van der Waals surface area contributed by atoms with Crippen LogP contribution in [-0.4, -0.2) is 19.3 Å². The van der Waals surface area contributed by atoms with Crippen LogP contribution in [0.1, 0.15) is 95.8 Å². The van der Waals surface area contributed by atoms with E-state index in [0.717, 1.165) is 62.4 Å². The maximum atomic E-state index is 6.71. The molecule has 0 amide bonds. The van der Waals surface area contributed by atoms with E-state index in [4.69, 9.17) is 14.8 Å². The number of benzene rings is 4. The quantitative estimate of drug-likeness (QED) is 0.107. The van der Waals surface area contributed by atoms with Crippen LogP contribution in [-0.2, 0) is 38.3 Å². The third-order valence-corrected chi connectivity index (χ3v) is 10.1. The Hall–Kier alpha value is -4.47. The minimum absolute atomic E-state index is 0. The molecule has 7 aromatic rings.